The number of carbonyl (C=O) groups excluding carboxylic acids is 1. The van der Waals surface area contributed by atoms with E-state index in [1.807, 2.05) is 31.2 Å². The van der Waals surface area contributed by atoms with Crippen LogP contribution in [0.1, 0.15) is 38.2 Å². The highest BCUT2D eigenvalue weighted by Crippen LogP contribution is 2.41. The van der Waals surface area contributed by atoms with Crippen molar-refractivity contribution in [2.75, 3.05) is 11.9 Å². The minimum absolute atomic E-state index is 0.0130. The van der Waals surface area contributed by atoms with Crippen LogP contribution in [0, 0.1) is 5.92 Å². The van der Waals surface area contributed by atoms with E-state index in [-0.39, 0.29) is 17.2 Å². The second-order valence-electron chi connectivity index (χ2n) is 6.79. The van der Waals surface area contributed by atoms with Gasteiger partial charge in [-0.25, -0.2) is 4.68 Å². The average molecular weight is 361 g/mol. The van der Waals surface area contributed by atoms with Crippen LogP contribution in [0.15, 0.2) is 36.5 Å². The number of anilines is 1. The SMILES string of the molecule is CCn1nccc1NC(=O)[C@H]1CC[C@](CN)(c2cccc(Cl)c2)CC1. The molecule has 2 aromatic rings. The van der Waals surface area contributed by atoms with Crippen molar-refractivity contribution in [2.24, 2.45) is 11.7 Å². The smallest absolute Gasteiger partial charge is 0.228 e. The van der Waals surface area contributed by atoms with Gasteiger partial charge < -0.3 is 11.1 Å². The number of nitrogens with one attached hydrogen (secondary N) is 1. The number of nitrogens with zero attached hydrogens (tertiary/aromatic N) is 2. The normalized spacial score (nSPS) is 23.4. The van der Waals surface area contributed by atoms with Crippen LogP contribution in [0.4, 0.5) is 5.82 Å². The number of amides is 1. The van der Waals surface area contributed by atoms with Gasteiger partial charge in [0.15, 0.2) is 0 Å². The van der Waals surface area contributed by atoms with E-state index in [4.69, 9.17) is 17.3 Å². The number of halogens is 1. The third kappa shape index (κ3) is 3.72. The molecule has 1 saturated carbocycles. The van der Waals surface area contributed by atoms with E-state index in [0.29, 0.717) is 6.54 Å². The van der Waals surface area contributed by atoms with Crippen LogP contribution >= 0.6 is 11.6 Å². The summed E-state index contributed by atoms with van der Waals surface area (Å²) in [4.78, 5) is 12.6. The highest BCUT2D eigenvalue weighted by molar-refractivity contribution is 6.30. The molecular weight excluding hydrogens is 336 g/mol. The molecule has 0 aliphatic heterocycles. The van der Waals surface area contributed by atoms with Gasteiger partial charge in [-0.15, -0.1) is 0 Å². The third-order valence-corrected chi connectivity index (χ3v) is 5.64. The van der Waals surface area contributed by atoms with Crippen molar-refractivity contribution in [1.29, 1.82) is 0 Å². The fraction of sp³-hybridized carbons (Fsp3) is 0.474. The highest BCUT2D eigenvalue weighted by atomic mass is 35.5. The number of benzene rings is 1. The molecule has 0 bridgehead atoms. The van der Waals surface area contributed by atoms with E-state index in [1.165, 1.54) is 5.56 Å². The second kappa shape index (κ2) is 7.58. The van der Waals surface area contributed by atoms with Crippen molar-refractivity contribution in [3.05, 3.63) is 47.1 Å². The Bertz CT molecular complexity index is 735. The molecule has 3 rings (SSSR count). The summed E-state index contributed by atoms with van der Waals surface area (Å²) < 4.78 is 1.79. The van der Waals surface area contributed by atoms with Crippen molar-refractivity contribution < 1.29 is 4.79 Å². The number of hydrogen-bond donors (Lipinski definition) is 2. The molecule has 6 heteroatoms. The van der Waals surface area contributed by atoms with Crippen LogP contribution in [0.3, 0.4) is 0 Å². The van der Waals surface area contributed by atoms with Crippen LogP contribution in [0.25, 0.3) is 0 Å². The summed E-state index contributed by atoms with van der Waals surface area (Å²) in [5.41, 5.74) is 7.24. The molecule has 0 saturated heterocycles. The van der Waals surface area contributed by atoms with Crippen molar-refractivity contribution in [3.8, 4) is 0 Å². The molecule has 134 valence electrons. The first-order chi connectivity index (χ1) is 12.1. The monoisotopic (exact) mass is 360 g/mol. The zero-order chi connectivity index (χ0) is 17.9. The predicted octanol–water partition coefficient (Wildman–Crippen LogP) is 3.58. The Morgan fingerprint density at radius 3 is 2.80 bits per heavy atom. The van der Waals surface area contributed by atoms with Crippen LogP contribution in [0.5, 0.6) is 0 Å². The Balaban J connectivity index is 1.67. The summed E-state index contributed by atoms with van der Waals surface area (Å²) in [7, 11) is 0. The summed E-state index contributed by atoms with van der Waals surface area (Å²) in [6.45, 7) is 3.31. The van der Waals surface area contributed by atoms with Crippen molar-refractivity contribution in [1.82, 2.24) is 9.78 Å². The van der Waals surface area contributed by atoms with Gasteiger partial charge in [-0.1, -0.05) is 23.7 Å². The molecule has 5 nitrogen and oxygen atoms in total. The van der Waals surface area contributed by atoms with Crippen molar-refractivity contribution in [3.63, 3.8) is 0 Å². The lowest BCUT2D eigenvalue weighted by Crippen LogP contribution is -2.41. The van der Waals surface area contributed by atoms with Gasteiger partial charge >= 0.3 is 0 Å². The van der Waals surface area contributed by atoms with Crippen LogP contribution in [0.2, 0.25) is 5.02 Å². The summed E-state index contributed by atoms with van der Waals surface area (Å²) >= 11 is 6.16. The fourth-order valence-corrected chi connectivity index (χ4v) is 3.97. The molecule has 25 heavy (non-hydrogen) atoms. The van der Waals surface area contributed by atoms with E-state index in [2.05, 4.69) is 16.5 Å². The maximum absolute atomic E-state index is 12.6. The van der Waals surface area contributed by atoms with Crippen molar-refractivity contribution in [2.45, 2.75) is 44.6 Å². The Morgan fingerprint density at radius 1 is 1.40 bits per heavy atom. The van der Waals surface area contributed by atoms with Crippen LogP contribution in [-0.4, -0.2) is 22.2 Å². The second-order valence-corrected chi connectivity index (χ2v) is 7.23. The lowest BCUT2D eigenvalue weighted by molar-refractivity contribution is -0.121. The minimum atomic E-state index is -0.0765. The highest BCUT2D eigenvalue weighted by Gasteiger charge is 2.38. The molecule has 0 unspecified atom stereocenters. The van der Waals surface area contributed by atoms with Gasteiger partial charge in [-0.2, -0.15) is 5.10 Å². The number of aromatic nitrogens is 2. The minimum Gasteiger partial charge on any atom is -0.330 e. The number of nitrogens with two attached hydrogens (primary N) is 1. The molecule has 0 spiro atoms. The quantitative estimate of drug-likeness (QED) is 0.855. The van der Waals surface area contributed by atoms with Crippen LogP contribution < -0.4 is 11.1 Å². The first-order valence-electron chi connectivity index (χ1n) is 8.87. The molecule has 1 fully saturated rings. The summed E-state index contributed by atoms with van der Waals surface area (Å²) in [6, 6.07) is 9.79. The summed E-state index contributed by atoms with van der Waals surface area (Å²) in [6.07, 6.45) is 5.16. The maximum atomic E-state index is 12.6. The van der Waals surface area contributed by atoms with E-state index in [1.54, 1.807) is 10.9 Å². The van der Waals surface area contributed by atoms with E-state index < -0.39 is 0 Å². The molecule has 1 aromatic heterocycles. The van der Waals surface area contributed by atoms with E-state index in [9.17, 15) is 4.79 Å². The lowest BCUT2D eigenvalue weighted by atomic mass is 9.66. The van der Waals surface area contributed by atoms with Gasteiger partial charge in [0.25, 0.3) is 0 Å². The van der Waals surface area contributed by atoms with E-state index >= 15 is 0 Å². The van der Waals surface area contributed by atoms with Gasteiger partial charge in [-0.3, -0.25) is 4.79 Å². The number of carbonyl (C=O) groups is 1. The molecule has 3 N–H and O–H groups in total. The van der Waals surface area contributed by atoms with Gasteiger partial charge in [0.2, 0.25) is 5.91 Å². The molecule has 1 aliphatic rings. The fourth-order valence-electron chi connectivity index (χ4n) is 3.78. The first-order valence-corrected chi connectivity index (χ1v) is 9.24. The van der Waals surface area contributed by atoms with Gasteiger partial charge in [0.05, 0.1) is 6.20 Å². The summed E-state index contributed by atoms with van der Waals surface area (Å²) in [5, 5.41) is 7.94. The van der Waals surface area contributed by atoms with Crippen LogP contribution in [-0.2, 0) is 16.8 Å². The topological polar surface area (TPSA) is 72.9 Å². The summed E-state index contributed by atoms with van der Waals surface area (Å²) in [5.74, 6) is 0.851. The molecule has 1 aromatic carbocycles. The predicted molar refractivity (Wildman–Crippen MR) is 101 cm³/mol. The largest absolute Gasteiger partial charge is 0.330 e. The number of rotatable bonds is 5. The maximum Gasteiger partial charge on any atom is 0.228 e. The number of hydrogen-bond acceptors (Lipinski definition) is 3. The first kappa shape index (κ1) is 18.0. The zero-order valence-corrected chi connectivity index (χ0v) is 15.3. The Labute approximate surface area is 153 Å². The molecule has 1 heterocycles. The Kier molecular flexibility index (Phi) is 5.45. The molecule has 0 atom stereocenters. The molecule has 1 amide bonds. The van der Waals surface area contributed by atoms with Crippen molar-refractivity contribution >= 4 is 23.3 Å². The average Bonchev–Trinajstić information content (AvgIpc) is 3.09. The zero-order valence-electron chi connectivity index (χ0n) is 14.5. The lowest BCUT2D eigenvalue weighted by Gasteiger charge is -2.39. The van der Waals surface area contributed by atoms with E-state index in [0.717, 1.165) is 43.1 Å². The standard InChI is InChI=1S/C19H25ClN4O/c1-2-24-17(8-11-22-24)23-18(25)14-6-9-19(13-21,10-7-14)15-4-3-5-16(20)12-15/h3-5,8,11-12,14H,2,6-7,9-10,13,21H2,1H3,(H,23,25)/t14-,19-. The molecule has 1 aliphatic carbocycles. The Morgan fingerprint density at radius 2 is 2.16 bits per heavy atom. The molecule has 0 radical (unpaired) electrons. The Hall–Kier alpha value is -1.85. The van der Waals surface area contributed by atoms with Gasteiger partial charge in [-0.05, 0) is 50.3 Å². The number of aryl methyl sites for hydroxylation is 1. The molecular formula is C19H25ClN4O. The third-order valence-electron chi connectivity index (χ3n) is 5.41. The van der Waals surface area contributed by atoms with Gasteiger partial charge in [0, 0.05) is 35.5 Å². The van der Waals surface area contributed by atoms with Gasteiger partial charge in [0.1, 0.15) is 5.82 Å².